The highest BCUT2D eigenvalue weighted by atomic mass is 16.3. The number of benzene rings is 3. The molecule has 0 bridgehead atoms. The molecule has 0 unspecified atom stereocenters. The van der Waals surface area contributed by atoms with E-state index in [1.165, 1.54) is 6.21 Å². The van der Waals surface area contributed by atoms with Gasteiger partial charge in [0.15, 0.2) is 0 Å². The Morgan fingerprint density at radius 2 is 1.73 bits per heavy atom. The molecule has 2 heterocycles. The van der Waals surface area contributed by atoms with Crippen molar-refractivity contribution >= 4 is 17.0 Å². The number of fused-ring (bicyclic) bond motifs is 1. The van der Waals surface area contributed by atoms with Crippen LogP contribution in [0.15, 0.2) is 99.5 Å². The molecule has 0 aliphatic rings. The molecule has 0 spiro atoms. The number of aromatic nitrogens is 1. The zero-order chi connectivity index (χ0) is 22.8. The predicted octanol–water partition coefficient (Wildman–Crippen LogP) is 5.49. The molecule has 162 valence electrons. The molecule has 33 heavy (non-hydrogen) atoms. The van der Waals surface area contributed by atoms with Gasteiger partial charge in [-0.1, -0.05) is 48.5 Å². The average Bonchev–Trinajstić information content (AvgIpc) is 3.37. The van der Waals surface area contributed by atoms with Gasteiger partial charge in [0.25, 0.3) is 5.56 Å². The molecular formula is C27H20N2O4. The lowest BCUT2D eigenvalue weighted by Crippen LogP contribution is -2.08. The maximum atomic E-state index is 12.3. The van der Waals surface area contributed by atoms with Crippen LogP contribution in [0.5, 0.6) is 11.6 Å². The molecule has 0 atom stereocenters. The second-order valence-corrected chi connectivity index (χ2v) is 7.68. The van der Waals surface area contributed by atoms with Crippen LogP contribution in [-0.4, -0.2) is 21.4 Å². The lowest BCUT2D eigenvalue weighted by atomic mass is 10.0. The number of nitrogens with one attached hydrogen (secondary N) is 1. The number of hydrogen-bond donors (Lipinski definition) is 3. The molecule has 2 aromatic heterocycles. The highest BCUT2D eigenvalue weighted by Crippen LogP contribution is 2.30. The van der Waals surface area contributed by atoms with Crippen LogP contribution in [0.4, 0.5) is 0 Å². The summed E-state index contributed by atoms with van der Waals surface area (Å²) in [4.78, 5) is 19.2. The molecule has 5 rings (SSSR count). The number of hydrogen-bond acceptors (Lipinski definition) is 5. The Labute approximate surface area is 189 Å². The van der Waals surface area contributed by atoms with E-state index < -0.39 is 0 Å². The highest BCUT2D eigenvalue weighted by Gasteiger charge is 2.11. The Morgan fingerprint density at radius 1 is 0.879 bits per heavy atom. The number of nitrogens with zero attached hydrogens (tertiary/aromatic N) is 1. The van der Waals surface area contributed by atoms with Gasteiger partial charge in [-0.2, -0.15) is 0 Å². The van der Waals surface area contributed by atoms with Gasteiger partial charge < -0.3 is 14.6 Å². The van der Waals surface area contributed by atoms with Crippen molar-refractivity contribution in [1.29, 1.82) is 0 Å². The highest BCUT2D eigenvalue weighted by molar-refractivity contribution is 6.02. The maximum absolute atomic E-state index is 12.3. The van der Waals surface area contributed by atoms with Crippen molar-refractivity contribution in [3.05, 3.63) is 107 Å². The van der Waals surface area contributed by atoms with Gasteiger partial charge in [-0.15, -0.1) is 0 Å². The first kappa shape index (κ1) is 20.3. The SMILES string of the molecule is O=c1[nH]c(O)c(C=NCc2ccc(-c3ccccc3)c(O)c2)c2cc(-c3ccoc3)ccc12. The van der Waals surface area contributed by atoms with Crippen molar-refractivity contribution in [1.82, 2.24) is 4.98 Å². The lowest BCUT2D eigenvalue weighted by Gasteiger charge is -2.08. The molecule has 0 saturated carbocycles. The monoisotopic (exact) mass is 436 g/mol. The summed E-state index contributed by atoms with van der Waals surface area (Å²) in [6, 6.07) is 22.3. The smallest absolute Gasteiger partial charge is 0.258 e. The van der Waals surface area contributed by atoms with Crippen molar-refractivity contribution in [2.45, 2.75) is 6.54 Å². The van der Waals surface area contributed by atoms with Gasteiger partial charge in [0.05, 0.1) is 24.6 Å². The Hall–Kier alpha value is -4.58. The number of aliphatic imine (C=N–C) groups is 1. The first-order valence-electron chi connectivity index (χ1n) is 10.4. The second kappa shape index (κ2) is 8.51. The Balaban J connectivity index is 1.46. The number of phenolic OH excluding ortho intramolecular Hbond substituents is 1. The normalized spacial score (nSPS) is 11.4. The minimum absolute atomic E-state index is 0.177. The fraction of sp³-hybridized carbons (Fsp3) is 0.0370. The second-order valence-electron chi connectivity index (χ2n) is 7.68. The minimum atomic E-state index is -0.375. The number of furan rings is 1. The molecule has 6 heteroatoms. The van der Waals surface area contributed by atoms with E-state index in [1.54, 1.807) is 24.7 Å². The van der Waals surface area contributed by atoms with Crippen LogP contribution in [0.1, 0.15) is 11.1 Å². The third-order valence-corrected chi connectivity index (χ3v) is 5.54. The third kappa shape index (κ3) is 4.02. The van der Waals surface area contributed by atoms with Crippen molar-refractivity contribution in [2.24, 2.45) is 4.99 Å². The summed E-state index contributed by atoms with van der Waals surface area (Å²) in [5, 5.41) is 21.9. The van der Waals surface area contributed by atoms with E-state index in [2.05, 4.69) is 9.98 Å². The van der Waals surface area contributed by atoms with Gasteiger partial charge in [0, 0.05) is 28.1 Å². The first-order chi connectivity index (χ1) is 16.1. The van der Waals surface area contributed by atoms with E-state index in [0.29, 0.717) is 22.9 Å². The zero-order valence-electron chi connectivity index (χ0n) is 17.5. The number of aromatic hydroxyl groups is 2. The van der Waals surface area contributed by atoms with Gasteiger partial charge in [-0.25, -0.2) is 0 Å². The van der Waals surface area contributed by atoms with Crippen LogP contribution in [0.2, 0.25) is 0 Å². The standard InChI is InChI=1S/C27H20N2O4/c30-25-12-17(6-8-21(25)18-4-2-1-3-5-18)14-28-15-24-23-13-19(20-10-11-33-16-20)7-9-22(23)26(31)29-27(24)32/h1-13,15-16,30H,14H2,(H2,29,31,32). The molecule has 0 saturated heterocycles. The van der Waals surface area contributed by atoms with Crippen molar-refractivity contribution in [3.63, 3.8) is 0 Å². The van der Waals surface area contributed by atoms with Crippen molar-refractivity contribution in [3.8, 4) is 33.9 Å². The maximum Gasteiger partial charge on any atom is 0.258 e. The van der Waals surface area contributed by atoms with E-state index in [0.717, 1.165) is 27.8 Å². The number of H-pyrrole nitrogens is 1. The molecule has 0 aliphatic carbocycles. The van der Waals surface area contributed by atoms with Crippen LogP contribution in [-0.2, 0) is 6.54 Å². The first-order valence-corrected chi connectivity index (χ1v) is 10.4. The summed E-state index contributed by atoms with van der Waals surface area (Å²) in [6.45, 7) is 0.296. The van der Waals surface area contributed by atoms with Gasteiger partial charge in [-0.3, -0.25) is 14.8 Å². The minimum Gasteiger partial charge on any atom is -0.507 e. The molecule has 0 fully saturated rings. The van der Waals surface area contributed by atoms with E-state index in [-0.39, 0.29) is 17.2 Å². The van der Waals surface area contributed by atoms with E-state index in [4.69, 9.17) is 4.42 Å². The number of phenols is 1. The van der Waals surface area contributed by atoms with E-state index in [1.807, 2.05) is 60.7 Å². The average molecular weight is 436 g/mol. The summed E-state index contributed by atoms with van der Waals surface area (Å²) < 4.78 is 5.15. The zero-order valence-corrected chi connectivity index (χ0v) is 17.5. The third-order valence-electron chi connectivity index (χ3n) is 5.54. The Morgan fingerprint density at radius 3 is 2.48 bits per heavy atom. The van der Waals surface area contributed by atoms with Gasteiger partial charge in [-0.05, 0) is 41.0 Å². The Bertz CT molecular complexity index is 1520. The van der Waals surface area contributed by atoms with Crippen LogP contribution >= 0.6 is 0 Å². The van der Waals surface area contributed by atoms with Crippen molar-refractivity contribution < 1.29 is 14.6 Å². The molecule has 0 radical (unpaired) electrons. The van der Waals surface area contributed by atoms with Gasteiger partial charge in [0.2, 0.25) is 5.88 Å². The van der Waals surface area contributed by atoms with Gasteiger partial charge >= 0.3 is 0 Å². The largest absolute Gasteiger partial charge is 0.507 e. The van der Waals surface area contributed by atoms with E-state index in [9.17, 15) is 15.0 Å². The summed E-state index contributed by atoms with van der Waals surface area (Å²) in [7, 11) is 0. The van der Waals surface area contributed by atoms with Crippen molar-refractivity contribution in [2.75, 3.05) is 0 Å². The Kier molecular flexibility index (Phi) is 5.24. The quantitative estimate of drug-likeness (QED) is 0.318. The van der Waals surface area contributed by atoms with Crippen LogP contribution in [0.3, 0.4) is 0 Å². The summed E-state index contributed by atoms with van der Waals surface area (Å²) in [6.07, 6.45) is 4.73. The molecular weight excluding hydrogens is 416 g/mol. The van der Waals surface area contributed by atoms with Crippen LogP contribution in [0.25, 0.3) is 33.0 Å². The van der Waals surface area contributed by atoms with Crippen LogP contribution < -0.4 is 5.56 Å². The predicted molar refractivity (Wildman–Crippen MR) is 129 cm³/mol. The van der Waals surface area contributed by atoms with Crippen LogP contribution in [0, 0.1) is 0 Å². The number of rotatable bonds is 5. The lowest BCUT2D eigenvalue weighted by molar-refractivity contribution is 0.452. The van der Waals surface area contributed by atoms with Gasteiger partial charge in [0.1, 0.15) is 5.75 Å². The fourth-order valence-electron chi connectivity index (χ4n) is 3.85. The summed E-state index contributed by atoms with van der Waals surface area (Å²) in [5.41, 5.74) is 4.27. The summed E-state index contributed by atoms with van der Waals surface area (Å²) in [5.74, 6) is -0.0705. The number of aromatic amines is 1. The summed E-state index contributed by atoms with van der Waals surface area (Å²) >= 11 is 0. The topological polar surface area (TPSA) is 98.8 Å². The molecule has 5 aromatic rings. The molecule has 0 aliphatic heterocycles. The molecule has 6 nitrogen and oxygen atoms in total. The van der Waals surface area contributed by atoms with E-state index >= 15 is 0 Å². The molecule has 3 N–H and O–H groups in total. The molecule has 3 aromatic carbocycles. The molecule has 0 amide bonds. The number of pyridine rings is 1. The fourth-order valence-corrected chi connectivity index (χ4v) is 3.85.